The summed E-state index contributed by atoms with van der Waals surface area (Å²) in [6.45, 7) is 8.67. The minimum Gasteiger partial charge on any atom is -0.379 e. The summed E-state index contributed by atoms with van der Waals surface area (Å²) in [7, 11) is 0. The van der Waals surface area contributed by atoms with Crippen molar-refractivity contribution in [2.75, 3.05) is 19.8 Å². The van der Waals surface area contributed by atoms with Gasteiger partial charge in [-0.3, -0.25) is 0 Å². The third kappa shape index (κ3) is 4.08. The van der Waals surface area contributed by atoms with E-state index in [1.165, 1.54) is 10.2 Å². The number of primary amides is 1. The molecular formula is C19H26N4O2. The number of carbonyl (C=O) groups excluding carboxylic acids is 1. The van der Waals surface area contributed by atoms with E-state index >= 15 is 0 Å². The van der Waals surface area contributed by atoms with Crippen LogP contribution in [0.5, 0.6) is 0 Å². The number of nitrogens with zero attached hydrogens (tertiary/aromatic N) is 2. The van der Waals surface area contributed by atoms with Crippen molar-refractivity contribution in [3.05, 3.63) is 41.7 Å². The first-order valence-electron chi connectivity index (χ1n) is 8.65. The average Bonchev–Trinajstić information content (AvgIpc) is 3.02. The quantitative estimate of drug-likeness (QED) is 0.897. The Morgan fingerprint density at radius 1 is 1.36 bits per heavy atom. The zero-order chi connectivity index (χ0) is 18.0. The van der Waals surface area contributed by atoms with Gasteiger partial charge in [0.05, 0.1) is 18.9 Å². The van der Waals surface area contributed by atoms with E-state index < -0.39 is 6.03 Å². The molecule has 1 fully saturated rings. The molecule has 1 unspecified atom stereocenters. The third-order valence-electron chi connectivity index (χ3n) is 4.40. The Morgan fingerprint density at radius 3 is 2.64 bits per heavy atom. The second kappa shape index (κ2) is 6.98. The fourth-order valence-corrected chi connectivity index (χ4v) is 3.11. The van der Waals surface area contributed by atoms with Crippen LogP contribution in [0.25, 0.3) is 11.1 Å². The first-order valence-corrected chi connectivity index (χ1v) is 8.65. The molecule has 0 spiro atoms. The molecule has 0 saturated carbocycles. The molecule has 0 aliphatic carbocycles. The lowest BCUT2D eigenvalue weighted by Gasteiger charge is -2.23. The van der Waals surface area contributed by atoms with Crippen molar-refractivity contribution in [3.63, 3.8) is 0 Å². The predicted octanol–water partition coefficient (Wildman–Crippen LogP) is 2.31. The summed E-state index contributed by atoms with van der Waals surface area (Å²) in [5, 5.41) is 7.86. The number of amides is 1. The number of rotatable bonds is 3. The van der Waals surface area contributed by atoms with Gasteiger partial charge in [-0.05, 0) is 17.5 Å². The van der Waals surface area contributed by atoms with Gasteiger partial charge in [-0.1, -0.05) is 45.0 Å². The molecule has 0 bridgehead atoms. The largest absolute Gasteiger partial charge is 0.379 e. The van der Waals surface area contributed by atoms with Crippen LogP contribution in [-0.4, -0.2) is 41.6 Å². The molecule has 2 aromatic rings. The highest BCUT2D eigenvalue weighted by Crippen LogP contribution is 2.32. The van der Waals surface area contributed by atoms with Crippen molar-refractivity contribution in [2.24, 2.45) is 5.73 Å². The number of nitrogens with one attached hydrogen (secondary N) is 1. The Balaban J connectivity index is 1.85. The number of benzene rings is 1. The van der Waals surface area contributed by atoms with Gasteiger partial charge in [-0.25, -0.2) is 4.79 Å². The zero-order valence-electron chi connectivity index (χ0n) is 15.1. The van der Waals surface area contributed by atoms with E-state index in [0.29, 0.717) is 6.04 Å². The molecule has 1 aromatic heterocycles. The summed E-state index contributed by atoms with van der Waals surface area (Å²) in [6.07, 6.45) is 2.65. The van der Waals surface area contributed by atoms with Gasteiger partial charge in [-0.15, -0.1) is 0 Å². The highest BCUT2D eigenvalue weighted by molar-refractivity contribution is 5.77. The maximum atomic E-state index is 11.5. The molecule has 6 heteroatoms. The van der Waals surface area contributed by atoms with Crippen LogP contribution in [-0.2, 0) is 16.6 Å². The molecule has 1 aliphatic rings. The summed E-state index contributed by atoms with van der Waals surface area (Å²) < 4.78 is 6.72. The van der Waals surface area contributed by atoms with E-state index in [1.54, 1.807) is 6.20 Å². The number of carbonyl (C=O) groups is 1. The number of nitrogens with two attached hydrogens (primary N) is 1. The molecule has 3 rings (SSSR count). The number of hydrogen-bond acceptors (Lipinski definition) is 4. The lowest BCUT2D eigenvalue weighted by molar-refractivity contribution is 0.0770. The summed E-state index contributed by atoms with van der Waals surface area (Å²) in [6, 6.07) is 8.20. The van der Waals surface area contributed by atoms with Gasteiger partial charge in [-0.2, -0.15) is 9.78 Å². The van der Waals surface area contributed by atoms with Crippen LogP contribution in [0.3, 0.4) is 0 Å². The van der Waals surface area contributed by atoms with E-state index in [2.05, 4.69) is 55.5 Å². The van der Waals surface area contributed by atoms with Gasteiger partial charge in [0, 0.05) is 29.8 Å². The molecular weight excluding hydrogens is 316 g/mol. The van der Waals surface area contributed by atoms with E-state index in [4.69, 9.17) is 10.5 Å². The Bertz CT molecular complexity index is 738. The van der Waals surface area contributed by atoms with Gasteiger partial charge in [0.25, 0.3) is 0 Å². The fraction of sp³-hybridized carbons (Fsp3) is 0.474. The zero-order valence-corrected chi connectivity index (χ0v) is 15.1. The van der Waals surface area contributed by atoms with Gasteiger partial charge >= 0.3 is 6.03 Å². The van der Waals surface area contributed by atoms with Gasteiger partial charge in [0.15, 0.2) is 0 Å². The first kappa shape index (κ1) is 17.6. The van der Waals surface area contributed by atoms with E-state index in [1.807, 2.05) is 0 Å². The molecule has 1 aromatic carbocycles. The first-order chi connectivity index (χ1) is 11.8. The van der Waals surface area contributed by atoms with Crippen LogP contribution >= 0.6 is 0 Å². The van der Waals surface area contributed by atoms with Gasteiger partial charge in [0.1, 0.15) is 0 Å². The smallest absolute Gasteiger partial charge is 0.339 e. The minimum absolute atomic E-state index is 0.182. The summed E-state index contributed by atoms with van der Waals surface area (Å²) >= 11 is 0. The molecule has 3 N–H and O–H groups in total. The van der Waals surface area contributed by atoms with E-state index in [-0.39, 0.29) is 5.41 Å². The Kier molecular flexibility index (Phi) is 4.92. The highest BCUT2D eigenvalue weighted by atomic mass is 16.5. The van der Waals surface area contributed by atoms with Gasteiger partial charge < -0.3 is 15.8 Å². The third-order valence-corrected chi connectivity index (χ3v) is 4.40. The normalized spacial score (nSPS) is 18.3. The monoisotopic (exact) mass is 342 g/mol. The van der Waals surface area contributed by atoms with Crippen LogP contribution < -0.4 is 11.1 Å². The molecule has 1 amide bonds. The lowest BCUT2D eigenvalue weighted by Crippen LogP contribution is -2.42. The number of aromatic nitrogens is 2. The molecule has 2 heterocycles. The molecule has 25 heavy (non-hydrogen) atoms. The lowest BCUT2D eigenvalue weighted by atomic mass is 9.87. The molecule has 1 saturated heterocycles. The van der Waals surface area contributed by atoms with Crippen LogP contribution in [0, 0.1) is 0 Å². The molecule has 134 valence electrons. The Hall–Kier alpha value is -2.18. The highest BCUT2D eigenvalue weighted by Gasteiger charge is 2.24. The second-order valence-electron chi connectivity index (χ2n) is 7.55. The maximum absolute atomic E-state index is 11.5. The predicted molar refractivity (Wildman–Crippen MR) is 97.7 cm³/mol. The Morgan fingerprint density at radius 2 is 2.08 bits per heavy atom. The minimum atomic E-state index is -0.572. The fourth-order valence-electron chi connectivity index (χ4n) is 3.11. The molecule has 6 nitrogen and oxygen atoms in total. The van der Waals surface area contributed by atoms with Crippen molar-refractivity contribution in [3.8, 4) is 11.1 Å². The van der Waals surface area contributed by atoms with Crippen molar-refractivity contribution in [1.29, 1.82) is 0 Å². The molecule has 0 radical (unpaired) electrons. The van der Waals surface area contributed by atoms with Crippen LogP contribution in [0.1, 0.15) is 32.0 Å². The maximum Gasteiger partial charge on any atom is 0.339 e. The van der Waals surface area contributed by atoms with Crippen LogP contribution in [0.15, 0.2) is 30.5 Å². The van der Waals surface area contributed by atoms with Crippen molar-refractivity contribution in [2.45, 2.75) is 38.6 Å². The SMILES string of the molecule is CC(C)(C)c1nn(C(N)=O)cc1-c1ccc(CC2COCCN2)cc1. The second-order valence-corrected chi connectivity index (χ2v) is 7.55. The summed E-state index contributed by atoms with van der Waals surface area (Å²) in [5.74, 6) is 0. The van der Waals surface area contributed by atoms with Crippen LogP contribution in [0.4, 0.5) is 4.79 Å². The van der Waals surface area contributed by atoms with Crippen molar-refractivity contribution < 1.29 is 9.53 Å². The molecule has 1 aliphatic heterocycles. The average molecular weight is 342 g/mol. The van der Waals surface area contributed by atoms with Crippen molar-refractivity contribution in [1.82, 2.24) is 15.1 Å². The Labute approximate surface area is 148 Å². The topological polar surface area (TPSA) is 82.2 Å². The number of morpholine rings is 1. The van der Waals surface area contributed by atoms with E-state index in [9.17, 15) is 4.79 Å². The standard InChI is InChI=1S/C19H26N4O2/c1-19(2,3)17-16(11-23(22-17)18(20)24)14-6-4-13(5-7-14)10-15-12-25-9-8-21-15/h4-7,11,15,21H,8-10,12H2,1-3H3,(H2,20,24). The van der Waals surface area contributed by atoms with Crippen LogP contribution in [0.2, 0.25) is 0 Å². The number of hydrogen-bond donors (Lipinski definition) is 2. The van der Waals surface area contributed by atoms with Gasteiger partial charge in [0.2, 0.25) is 0 Å². The summed E-state index contributed by atoms with van der Waals surface area (Å²) in [5.41, 5.74) is 9.30. The van der Waals surface area contributed by atoms with Crippen molar-refractivity contribution >= 4 is 6.03 Å². The van der Waals surface area contributed by atoms with E-state index in [0.717, 1.165) is 43.0 Å². The summed E-state index contributed by atoms with van der Waals surface area (Å²) in [4.78, 5) is 11.5. The molecule has 1 atom stereocenters. The number of ether oxygens (including phenoxy) is 1.